The Morgan fingerprint density at radius 2 is 1.76 bits per heavy atom. The molecule has 0 radical (unpaired) electrons. The summed E-state index contributed by atoms with van der Waals surface area (Å²) >= 11 is 0. The van der Waals surface area contributed by atoms with E-state index in [0.29, 0.717) is 41.9 Å². The number of hydrogen-bond donors (Lipinski definition) is 1. The van der Waals surface area contributed by atoms with Crippen molar-refractivity contribution in [2.24, 2.45) is 5.92 Å². The van der Waals surface area contributed by atoms with E-state index >= 15 is 0 Å². The summed E-state index contributed by atoms with van der Waals surface area (Å²) in [5.41, 5.74) is 2.97. The zero-order chi connectivity index (χ0) is 21.4. The van der Waals surface area contributed by atoms with Gasteiger partial charge in [-0.3, -0.25) is 4.79 Å². The maximum Gasteiger partial charge on any atom is 0.338 e. The van der Waals surface area contributed by atoms with Gasteiger partial charge >= 0.3 is 5.97 Å². The predicted molar refractivity (Wildman–Crippen MR) is 113 cm³/mol. The standard InChI is InChI=1S/C23H29NO5/c1-6-27-21-12-18(9-10-20(21)28-13-15(2)3)23(26)29-14-22(25)24-19-11-16(4)7-8-17(19)5/h7-12,15H,6,13-14H2,1-5H3,(H,24,25). The van der Waals surface area contributed by atoms with Crippen LogP contribution in [0.1, 0.15) is 42.3 Å². The number of hydrogen-bond acceptors (Lipinski definition) is 5. The molecule has 0 saturated heterocycles. The van der Waals surface area contributed by atoms with Crippen LogP contribution in [0.3, 0.4) is 0 Å². The number of rotatable bonds is 9. The highest BCUT2D eigenvalue weighted by Crippen LogP contribution is 2.29. The maximum atomic E-state index is 12.4. The van der Waals surface area contributed by atoms with Gasteiger partial charge in [0.1, 0.15) is 0 Å². The molecule has 0 bridgehead atoms. The number of esters is 1. The average Bonchev–Trinajstić information content (AvgIpc) is 2.68. The smallest absolute Gasteiger partial charge is 0.338 e. The summed E-state index contributed by atoms with van der Waals surface area (Å²) in [6.07, 6.45) is 0. The van der Waals surface area contributed by atoms with Crippen molar-refractivity contribution >= 4 is 17.6 Å². The molecule has 2 aromatic carbocycles. The van der Waals surface area contributed by atoms with Gasteiger partial charge in [-0.2, -0.15) is 0 Å². The first kappa shape index (κ1) is 22.3. The SMILES string of the molecule is CCOc1cc(C(=O)OCC(=O)Nc2cc(C)ccc2C)ccc1OCC(C)C. The Morgan fingerprint density at radius 3 is 2.45 bits per heavy atom. The number of nitrogens with one attached hydrogen (secondary N) is 1. The van der Waals surface area contributed by atoms with E-state index in [4.69, 9.17) is 14.2 Å². The molecule has 0 atom stereocenters. The number of carbonyl (C=O) groups excluding carboxylic acids is 2. The lowest BCUT2D eigenvalue weighted by molar-refractivity contribution is -0.119. The van der Waals surface area contributed by atoms with Crippen LogP contribution in [-0.2, 0) is 9.53 Å². The molecule has 1 amide bonds. The van der Waals surface area contributed by atoms with Gasteiger partial charge in [-0.25, -0.2) is 4.79 Å². The van der Waals surface area contributed by atoms with Gasteiger partial charge in [-0.15, -0.1) is 0 Å². The Hall–Kier alpha value is -3.02. The number of benzene rings is 2. The third-order valence-electron chi connectivity index (χ3n) is 4.05. The van der Waals surface area contributed by atoms with Crippen molar-refractivity contribution in [1.82, 2.24) is 0 Å². The van der Waals surface area contributed by atoms with Crippen molar-refractivity contribution < 1.29 is 23.8 Å². The minimum Gasteiger partial charge on any atom is -0.490 e. The summed E-state index contributed by atoms with van der Waals surface area (Å²) in [6.45, 7) is 10.4. The molecular formula is C23H29NO5. The molecule has 0 aliphatic carbocycles. The molecule has 1 N–H and O–H groups in total. The van der Waals surface area contributed by atoms with Gasteiger partial charge < -0.3 is 19.5 Å². The first-order valence-corrected chi connectivity index (χ1v) is 9.74. The van der Waals surface area contributed by atoms with Gasteiger partial charge in [0.15, 0.2) is 18.1 Å². The second-order valence-electron chi connectivity index (χ2n) is 7.24. The molecule has 2 aromatic rings. The molecule has 0 aliphatic heterocycles. The molecule has 2 rings (SSSR count). The van der Waals surface area contributed by atoms with Gasteiger partial charge in [0.05, 0.1) is 18.8 Å². The lowest BCUT2D eigenvalue weighted by atomic mass is 10.1. The van der Waals surface area contributed by atoms with Gasteiger partial charge in [0.25, 0.3) is 5.91 Å². The van der Waals surface area contributed by atoms with Crippen LogP contribution in [0, 0.1) is 19.8 Å². The van der Waals surface area contributed by atoms with Crippen LogP contribution in [0.15, 0.2) is 36.4 Å². The number of anilines is 1. The van der Waals surface area contributed by atoms with Crippen molar-refractivity contribution in [2.45, 2.75) is 34.6 Å². The number of carbonyl (C=O) groups is 2. The van der Waals surface area contributed by atoms with Crippen LogP contribution in [0.5, 0.6) is 11.5 Å². The lowest BCUT2D eigenvalue weighted by Crippen LogP contribution is -2.21. The van der Waals surface area contributed by atoms with E-state index in [-0.39, 0.29) is 6.61 Å². The van der Waals surface area contributed by atoms with E-state index in [1.165, 1.54) is 0 Å². The second-order valence-corrected chi connectivity index (χ2v) is 7.24. The molecule has 0 fully saturated rings. The zero-order valence-corrected chi connectivity index (χ0v) is 17.7. The molecule has 0 heterocycles. The molecule has 0 aliphatic rings. The Balaban J connectivity index is 1.99. The second kappa shape index (κ2) is 10.5. The Kier molecular flexibility index (Phi) is 8.07. The van der Waals surface area contributed by atoms with Crippen LogP contribution >= 0.6 is 0 Å². The summed E-state index contributed by atoms with van der Waals surface area (Å²) in [7, 11) is 0. The third kappa shape index (κ3) is 6.82. The normalized spacial score (nSPS) is 10.6. The summed E-state index contributed by atoms with van der Waals surface area (Å²) in [4.78, 5) is 24.5. The zero-order valence-electron chi connectivity index (χ0n) is 17.7. The van der Waals surface area contributed by atoms with E-state index in [1.807, 2.05) is 39.0 Å². The molecule has 0 aromatic heterocycles. The lowest BCUT2D eigenvalue weighted by Gasteiger charge is -2.14. The third-order valence-corrected chi connectivity index (χ3v) is 4.05. The van der Waals surface area contributed by atoms with Crippen LogP contribution in [0.4, 0.5) is 5.69 Å². The Bertz CT molecular complexity index is 860. The van der Waals surface area contributed by atoms with Crippen molar-refractivity contribution in [1.29, 1.82) is 0 Å². The number of aryl methyl sites for hydroxylation is 2. The molecule has 6 heteroatoms. The first-order chi connectivity index (χ1) is 13.8. The van der Waals surface area contributed by atoms with Crippen molar-refractivity contribution in [3.05, 3.63) is 53.1 Å². The fourth-order valence-corrected chi connectivity index (χ4v) is 2.55. The quantitative estimate of drug-likeness (QED) is 0.627. The molecule has 0 unspecified atom stereocenters. The summed E-state index contributed by atoms with van der Waals surface area (Å²) in [5, 5.41) is 2.77. The molecular weight excluding hydrogens is 370 g/mol. The van der Waals surface area contributed by atoms with Crippen LogP contribution in [0.2, 0.25) is 0 Å². The topological polar surface area (TPSA) is 73.9 Å². The largest absolute Gasteiger partial charge is 0.490 e. The number of amides is 1. The van der Waals surface area contributed by atoms with Gasteiger partial charge in [0, 0.05) is 5.69 Å². The van der Waals surface area contributed by atoms with Gasteiger partial charge in [0.2, 0.25) is 0 Å². The Morgan fingerprint density at radius 1 is 1.00 bits per heavy atom. The summed E-state index contributed by atoms with van der Waals surface area (Å²) in [6, 6.07) is 10.6. The van der Waals surface area contributed by atoms with Crippen molar-refractivity contribution in [3.63, 3.8) is 0 Å². The Labute approximate surface area is 172 Å². The van der Waals surface area contributed by atoms with E-state index < -0.39 is 11.9 Å². The summed E-state index contributed by atoms with van der Waals surface area (Å²) < 4.78 is 16.5. The minimum absolute atomic E-state index is 0.296. The van der Waals surface area contributed by atoms with Crippen LogP contribution < -0.4 is 14.8 Å². The fourth-order valence-electron chi connectivity index (χ4n) is 2.55. The van der Waals surface area contributed by atoms with Crippen LogP contribution in [0.25, 0.3) is 0 Å². The molecule has 156 valence electrons. The van der Waals surface area contributed by atoms with Gasteiger partial charge in [-0.1, -0.05) is 26.0 Å². The fraction of sp³-hybridized carbons (Fsp3) is 0.391. The maximum absolute atomic E-state index is 12.4. The van der Waals surface area contributed by atoms with Gasteiger partial charge in [-0.05, 0) is 62.1 Å². The number of ether oxygens (including phenoxy) is 3. The first-order valence-electron chi connectivity index (χ1n) is 9.74. The highest BCUT2D eigenvalue weighted by Gasteiger charge is 2.15. The molecule has 0 saturated carbocycles. The highest BCUT2D eigenvalue weighted by molar-refractivity contribution is 5.96. The van der Waals surface area contributed by atoms with Crippen molar-refractivity contribution in [2.75, 3.05) is 25.1 Å². The molecule has 0 spiro atoms. The summed E-state index contributed by atoms with van der Waals surface area (Å²) in [5.74, 6) is 0.420. The molecule has 6 nitrogen and oxygen atoms in total. The van der Waals surface area contributed by atoms with Crippen LogP contribution in [-0.4, -0.2) is 31.7 Å². The van der Waals surface area contributed by atoms with E-state index in [0.717, 1.165) is 11.1 Å². The van der Waals surface area contributed by atoms with E-state index in [9.17, 15) is 9.59 Å². The molecule has 29 heavy (non-hydrogen) atoms. The average molecular weight is 399 g/mol. The monoisotopic (exact) mass is 399 g/mol. The predicted octanol–water partition coefficient (Wildman–Crippen LogP) is 4.53. The van der Waals surface area contributed by atoms with E-state index in [1.54, 1.807) is 18.2 Å². The van der Waals surface area contributed by atoms with E-state index in [2.05, 4.69) is 19.2 Å². The van der Waals surface area contributed by atoms with Crippen molar-refractivity contribution in [3.8, 4) is 11.5 Å². The highest BCUT2D eigenvalue weighted by atomic mass is 16.5. The minimum atomic E-state index is -0.600.